The van der Waals surface area contributed by atoms with Crippen molar-refractivity contribution in [2.75, 3.05) is 5.73 Å². The third kappa shape index (κ3) is 0.886. The number of nitrogens with one attached hydrogen (secondary N) is 1. The maximum absolute atomic E-state index is 5.93. The Labute approximate surface area is 84.6 Å². The van der Waals surface area contributed by atoms with Crippen molar-refractivity contribution in [1.29, 1.82) is 0 Å². The monoisotopic (exact) mass is 203 g/mol. The molecule has 3 nitrogen and oxygen atoms in total. The van der Waals surface area contributed by atoms with Crippen LogP contribution in [0.5, 0.6) is 0 Å². The summed E-state index contributed by atoms with van der Waals surface area (Å²) in [7, 11) is 0. The normalized spacial score (nSPS) is 11.5. The molecule has 0 aliphatic heterocycles. The van der Waals surface area contributed by atoms with Crippen molar-refractivity contribution in [1.82, 2.24) is 9.97 Å². The summed E-state index contributed by atoms with van der Waals surface area (Å²) in [5.74, 6) is 0. The molecule has 3 aromatic rings. The number of anilines is 1. The smallest absolute Gasteiger partial charge is 0.107 e. The molecule has 0 saturated carbocycles. The number of nitrogens with two attached hydrogens (primary N) is 1. The number of aromatic amines is 1. The highest BCUT2D eigenvalue weighted by Gasteiger charge is 2.09. The molecule has 3 N–H and O–H groups in total. The molecule has 0 bridgehead atoms. The molecule has 0 atom stereocenters. The van der Waals surface area contributed by atoms with E-state index in [1.165, 1.54) is 0 Å². The van der Waals surface area contributed by atoms with E-state index in [-0.39, 0.29) is 0 Å². The Morgan fingerprint density at radius 2 is 2.36 bits per heavy atom. The highest BCUT2D eigenvalue weighted by Crippen LogP contribution is 2.33. The summed E-state index contributed by atoms with van der Waals surface area (Å²) in [4.78, 5) is 7.63. The first kappa shape index (κ1) is 7.82. The largest absolute Gasteiger partial charge is 0.397 e. The molecular formula is C10H9N3S. The zero-order valence-corrected chi connectivity index (χ0v) is 8.48. The van der Waals surface area contributed by atoms with Gasteiger partial charge >= 0.3 is 0 Å². The third-order valence-corrected chi connectivity index (χ3v) is 3.31. The van der Waals surface area contributed by atoms with E-state index in [1.54, 1.807) is 11.3 Å². The van der Waals surface area contributed by atoms with E-state index < -0.39 is 0 Å². The zero-order chi connectivity index (χ0) is 9.71. The molecular weight excluding hydrogens is 194 g/mol. The Balaban J connectivity index is 2.65. The van der Waals surface area contributed by atoms with Crippen molar-refractivity contribution in [3.63, 3.8) is 0 Å². The first-order valence-corrected chi connectivity index (χ1v) is 5.20. The molecule has 2 aromatic heterocycles. The number of benzene rings is 1. The summed E-state index contributed by atoms with van der Waals surface area (Å²) in [5, 5.41) is 2.20. The van der Waals surface area contributed by atoms with Gasteiger partial charge in [0.2, 0.25) is 0 Å². The van der Waals surface area contributed by atoms with Crippen LogP contribution < -0.4 is 5.73 Å². The van der Waals surface area contributed by atoms with Gasteiger partial charge in [0.1, 0.15) is 5.52 Å². The topological polar surface area (TPSA) is 54.7 Å². The molecule has 0 fully saturated rings. The number of H-pyrrole nitrogens is 1. The Morgan fingerprint density at radius 1 is 1.50 bits per heavy atom. The number of hydrogen-bond acceptors (Lipinski definition) is 3. The van der Waals surface area contributed by atoms with E-state index >= 15 is 0 Å². The lowest BCUT2D eigenvalue weighted by Gasteiger charge is -1.96. The van der Waals surface area contributed by atoms with Crippen molar-refractivity contribution >= 4 is 38.1 Å². The van der Waals surface area contributed by atoms with E-state index in [0.29, 0.717) is 0 Å². The molecule has 0 aliphatic rings. The fourth-order valence-electron chi connectivity index (χ4n) is 1.73. The fraction of sp³-hybridized carbons (Fsp3) is 0.100. The molecule has 0 aliphatic carbocycles. The van der Waals surface area contributed by atoms with Gasteiger partial charge in [-0.2, -0.15) is 0 Å². The fourth-order valence-corrected chi connectivity index (χ4v) is 2.70. The van der Waals surface area contributed by atoms with E-state index in [9.17, 15) is 0 Å². The number of thiazole rings is 1. The summed E-state index contributed by atoms with van der Waals surface area (Å²) < 4.78 is 1.16. The second-order valence-electron chi connectivity index (χ2n) is 3.32. The van der Waals surface area contributed by atoms with Crippen LogP contribution in [0.15, 0.2) is 18.3 Å². The minimum absolute atomic E-state index is 0.761. The van der Waals surface area contributed by atoms with Gasteiger partial charge in [0.25, 0.3) is 0 Å². The Morgan fingerprint density at radius 3 is 3.21 bits per heavy atom. The number of rotatable bonds is 0. The third-order valence-electron chi connectivity index (χ3n) is 2.32. The number of aryl methyl sites for hydroxylation is 1. The van der Waals surface area contributed by atoms with E-state index in [2.05, 4.69) is 9.97 Å². The maximum Gasteiger partial charge on any atom is 0.107 e. The minimum atomic E-state index is 0.761. The number of aromatic nitrogens is 2. The number of nitrogen functional groups attached to an aromatic ring is 1. The van der Waals surface area contributed by atoms with Crippen LogP contribution >= 0.6 is 11.3 Å². The van der Waals surface area contributed by atoms with Crippen LogP contribution in [0.25, 0.3) is 21.1 Å². The van der Waals surface area contributed by atoms with Gasteiger partial charge < -0.3 is 10.7 Å². The molecule has 3 rings (SSSR count). The summed E-state index contributed by atoms with van der Waals surface area (Å²) in [6.07, 6.45) is 1.93. The lowest BCUT2D eigenvalue weighted by Crippen LogP contribution is -1.86. The minimum Gasteiger partial charge on any atom is -0.397 e. The first-order valence-electron chi connectivity index (χ1n) is 4.38. The number of hydrogen-bond donors (Lipinski definition) is 2. The van der Waals surface area contributed by atoms with Crippen LogP contribution in [-0.2, 0) is 0 Å². The van der Waals surface area contributed by atoms with Gasteiger partial charge in [0, 0.05) is 11.6 Å². The summed E-state index contributed by atoms with van der Waals surface area (Å²) in [6, 6.07) is 3.99. The molecule has 0 spiro atoms. The van der Waals surface area contributed by atoms with E-state index in [0.717, 1.165) is 31.8 Å². The van der Waals surface area contributed by atoms with Gasteiger partial charge in [-0.25, -0.2) is 4.98 Å². The lowest BCUT2D eigenvalue weighted by molar-refractivity contribution is 1.35. The van der Waals surface area contributed by atoms with Crippen LogP contribution in [0.1, 0.15) is 5.01 Å². The SMILES string of the molecule is Cc1nc2c(N)cc3cc[nH]c3c2s1. The molecule has 2 heterocycles. The van der Waals surface area contributed by atoms with E-state index in [4.69, 9.17) is 5.73 Å². The second-order valence-corrected chi connectivity index (χ2v) is 4.52. The van der Waals surface area contributed by atoms with Gasteiger partial charge in [-0.15, -0.1) is 11.3 Å². The molecule has 4 heteroatoms. The maximum atomic E-state index is 5.93. The van der Waals surface area contributed by atoms with Crippen LogP contribution in [0.3, 0.4) is 0 Å². The Bertz CT molecular complexity index is 621. The van der Waals surface area contributed by atoms with E-state index in [1.807, 2.05) is 25.3 Å². The molecule has 1 aromatic carbocycles. The average Bonchev–Trinajstić information content (AvgIpc) is 2.69. The molecule has 0 unspecified atom stereocenters. The van der Waals surface area contributed by atoms with Crippen molar-refractivity contribution < 1.29 is 0 Å². The molecule has 70 valence electrons. The summed E-state index contributed by atoms with van der Waals surface area (Å²) in [6.45, 7) is 2.00. The first-order chi connectivity index (χ1) is 6.75. The molecule has 0 radical (unpaired) electrons. The average molecular weight is 203 g/mol. The molecule has 0 saturated heterocycles. The predicted molar refractivity (Wildman–Crippen MR) is 60.6 cm³/mol. The standard InChI is InChI=1S/C10H9N3S/c1-5-13-9-7(11)4-6-2-3-12-8(6)10(9)14-5/h2-4,12H,11H2,1H3. The Kier molecular flexibility index (Phi) is 1.39. The molecule has 14 heavy (non-hydrogen) atoms. The van der Waals surface area contributed by atoms with Crippen LogP contribution in [0.2, 0.25) is 0 Å². The quantitative estimate of drug-likeness (QED) is 0.552. The van der Waals surface area contributed by atoms with Crippen molar-refractivity contribution in [3.05, 3.63) is 23.3 Å². The van der Waals surface area contributed by atoms with Crippen LogP contribution in [-0.4, -0.2) is 9.97 Å². The number of fused-ring (bicyclic) bond motifs is 3. The van der Waals surface area contributed by atoms with Gasteiger partial charge in [0.15, 0.2) is 0 Å². The van der Waals surface area contributed by atoms with Gasteiger partial charge in [-0.3, -0.25) is 0 Å². The van der Waals surface area contributed by atoms with Crippen molar-refractivity contribution in [3.8, 4) is 0 Å². The number of nitrogens with zero attached hydrogens (tertiary/aromatic N) is 1. The van der Waals surface area contributed by atoms with Crippen LogP contribution in [0, 0.1) is 6.92 Å². The second kappa shape index (κ2) is 2.48. The van der Waals surface area contributed by atoms with Crippen LogP contribution in [0.4, 0.5) is 5.69 Å². The summed E-state index contributed by atoms with van der Waals surface area (Å²) >= 11 is 1.68. The summed E-state index contributed by atoms with van der Waals surface area (Å²) in [5.41, 5.74) is 8.74. The van der Waals surface area contributed by atoms with Crippen molar-refractivity contribution in [2.45, 2.75) is 6.92 Å². The van der Waals surface area contributed by atoms with Gasteiger partial charge in [-0.1, -0.05) is 0 Å². The van der Waals surface area contributed by atoms with Gasteiger partial charge in [0.05, 0.1) is 20.9 Å². The highest BCUT2D eigenvalue weighted by molar-refractivity contribution is 7.19. The Hall–Kier alpha value is -1.55. The molecule has 0 amide bonds. The zero-order valence-electron chi connectivity index (χ0n) is 7.66. The lowest BCUT2D eigenvalue weighted by atomic mass is 10.2. The predicted octanol–water partition coefficient (Wildman–Crippen LogP) is 2.67. The highest BCUT2D eigenvalue weighted by atomic mass is 32.1. The van der Waals surface area contributed by atoms with Crippen molar-refractivity contribution in [2.24, 2.45) is 0 Å². The van der Waals surface area contributed by atoms with Gasteiger partial charge in [-0.05, 0) is 19.1 Å².